The normalized spacial score (nSPS) is 19.3. The van der Waals surface area contributed by atoms with E-state index in [2.05, 4.69) is 16.5 Å². The number of nitro benzene ring substituents is 1. The van der Waals surface area contributed by atoms with Crippen LogP contribution in [0.15, 0.2) is 29.2 Å². The monoisotopic (exact) mass is 355 g/mol. The van der Waals surface area contributed by atoms with E-state index in [1.165, 1.54) is 37.5 Å². The largest absolute Gasteiger partial charge is 0.300 e. The fourth-order valence-corrected chi connectivity index (χ4v) is 4.27. The summed E-state index contributed by atoms with van der Waals surface area (Å²) in [7, 11) is -3.71. The third-order valence-electron chi connectivity index (χ3n) is 4.47. The number of piperidine rings is 1. The van der Waals surface area contributed by atoms with E-state index in [1.807, 2.05) is 0 Å². The van der Waals surface area contributed by atoms with Gasteiger partial charge >= 0.3 is 0 Å². The average molecular weight is 355 g/mol. The molecule has 24 heavy (non-hydrogen) atoms. The van der Waals surface area contributed by atoms with Crippen LogP contribution in [0, 0.1) is 10.1 Å². The molecule has 2 rings (SSSR count). The second-order valence-electron chi connectivity index (χ2n) is 6.10. The minimum atomic E-state index is -3.71. The maximum Gasteiger partial charge on any atom is 0.270 e. The lowest BCUT2D eigenvalue weighted by atomic mass is 10.00. The van der Waals surface area contributed by atoms with E-state index < -0.39 is 14.9 Å². The van der Waals surface area contributed by atoms with Gasteiger partial charge in [-0.15, -0.1) is 0 Å². The van der Waals surface area contributed by atoms with Crippen molar-refractivity contribution < 1.29 is 13.3 Å². The van der Waals surface area contributed by atoms with Crippen molar-refractivity contribution >= 4 is 15.7 Å². The van der Waals surface area contributed by atoms with Gasteiger partial charge in [-0.3, -0.25) is 10.1 Å². The van der Waals surface area contributed by atoms with Gasteiger partial charge < -0.3 is 4.90 Å². The van der Waals surface area contributed by atoms with Crippen LogP contribution in [0.5, 0.6) is 0 Å². The summed E-state index contributed by atoms with van der Waals surface area (Å²) in [5.74, 6) is 0. The summed E-state index contributed by atoms with van der Waals surface area (Å²) in [5.41, 5.74) is -0.225. The molecule has 0 aliphatic carbocycles. The van der Waals surface area contributed by atoms with Crippen molar-refractivity contribution in [2.45, 2.75) is 50.0 Å². The zero-order valence-corrected chi connectivity index (χ0v) is 14.8. The van der Waals surface area contributed by atoms with Crippen LogP contribution in [0.2, 0.25) is 0 Å². The quantitative estimate of drug-likeness (QED) is 0.439. The van der Waals surface area contributed by atoms with E-state index in [9.17, 15) is 18.5 Å². The highest BCUT2D eigenvalue weighted by Gasteiger charge is 2.21. The number of rotatable bonds is 8. The van der Waals surface area contributed by atoms with Crippen molar-refractivity contribution in [2.24, 2.45) is 0 Å². The molecular formula is C16H25N3O4S. The Balaban J connectivity index is 1.86. The van der Waals surface area contributed by atoms with Crippen LogP contribution in [0.25, 0.3) is 0 Å². The molecule has 0 bridgehead atoms. The van der Waals surface area contributed by atoms with Crippen molar-refractivity contribution in [3.8, 4) is 0 Å². The summed E-state index contributed by atoms with van der Waals surface area (Å²) in [5, 5.41) is 10.8. The first-order valence-electron chi connectivity index (χ1n) is 8.42. The van der Waals surface area contributed by atoms with Crippen molar-refractivity contribution in [1.82, 2.24) is 9.62 Å². The highest BCUT2D eigenvalue weighted by atomic mass is 32.2. The van der Waals surface area contributed by atoms with Crippen molar-refractivity contribution in [3.63, 3.8) is 0 Å². The maximum atomic E-state index is 12.2. The molecule has 0 radical (unpaired) electrons. The summed E-state index contributed by atoms with van der Waals surface area (Å²) in [4.78, 5) is 12.5. The Hall–Kier alpha value is -1.51. The van der Waals surface area contributed by atoms with E-state index in [0.29, 0.717) is 12.6 Å². The smallest absolute Gasteiger partial charge is 0.270 e. The molecule has 0 saturated carbocycles. The number of benzene rings is 1. The molecule has 0 spiro atoms. The van der Waals surface area contributed by atoms with Gasteiger partial charge in [0.05, 0.1) is 9.82 Å². The number of non-ortho nitro benzene ring substituents is 1. The maximum absolute atomic E-state index is 12.2. The van der Waals surface area contributed by atoms with Gasteiger partial charge in [0.15, 0.2) is 0 Å². The lowest BCUT2D eigenvalue weighted by Crippen LogP contribution is -2.40. The van der Waals surface area contributed by atoms with E-state index in [4.69, 9.17) is 0 Å². The molecule has 7 nitrogen and oxygen atoms in total. The highest BCUT2D eigenvalue weighted by Crippen LogP contribution is 2.20. The number of nitrogens with zero attached hydrogens (tertiary/aromatic N) is 2. The lowest BCUT2D eigenvalue weighted by Gasteiger charge is -2.35. The molecule has 1 saturated heterocycles. The molecule has 1 fully saturated rings. The van der Waals surface area contributed by atoms with E-state index in [-0.39, 0.29) is 10.6 Å². The van der Waals surface area contributed by atoms with E-state index >= 15 is 0 Å². The van der Waals surface area contributed by atoms with Crippen LogP contribution in [0.3, 0.4) is 0 Å². The molecule has 1 aliphatic heterocycles. The molecule has 1 heterocycles. The number of hydrogen-bond donors (Lipinski definition) is 1. The van der Waals surface area contributed by atoms with Gasteiger partial charge in [0.2, 0.25) is 10.0 Å². The van der Waals surface area contributed by atoms with Crippen LogP contribution >= 0.6 is 0 Å². The van der Waals surface area contributed by atoms with Gasteiger partial charge in [0.25, 0.3) is 5.69 Å². The molecule has 8 heteroatoms. The number of sulfonamides is 1. The third-order valence-corrected chi connectivity index (χ3v) is 5.93. The van der Waals surface area contributed by atoms with Crippen molar-refractivity contribution in [3.05, 3.63) is 34.4 Å². The van der Waals surface area contributed by atoms with E-state index in [1.54, 1.807) is 0 Å². The van der Waals surface area contributed by atoms with Gasteiger partial charge in [-0.2, -0.15) is 0 Å². The Morgan fingerprint density at radius 1 is 1.38 bits per heavy atom. The zero-order valence-electron chi connectivity index (χ0n) is 14.0. The number of nitrogens with one attached hydrogen (secondary N) is 1. The molecular weight excluding hydrogens is 330 g/mol. The van der Waals surface area contributed by atoms with Gasteiger partial charge in [0, 0.05) is 24.7 Å². The summed E-state index contributed by atoms with van der Waals surface area (Å²) in [6.45, 7) is 4.47. The molecule has 134 valence electrons. The first-order valence-corrected chi connectivity index (χ1v) is 9.90. The topological polar surface area (TPSA) is 92.6 Å². The third kappa shape index (κ3) is 4.99. The zero-order chi connectivity index (χ0) is 17.6. The van der Waals surface area contributed by atoms with Gasteiger partial charge in [0.1, 0.15) is 0 Å². The highest BCUT2D eigenvalue weighted by molar-refractivity contribution is 7.89. The Kier molecular flexibility index (Phi) is 6.70. The molecule has 1 atom stereocenters. The van der Waals surface area contributed by atoms with E-state index in [0.717, 1.165) is 32.0 Å². The van der Waals surface area contributed by atoms with Crippen LogP contribution in [0.1, 0.15) is 39.0 Å². The average Bonchev–Trinajstić information content (AvgIpc) is 2.59. The fraction of sp³-hybridized carbons (Fsp3) is 0.625. The molecule has 0 aromatic heterocycles. The first kappa shape index (κ1) is 18.8. The minimum Gasteiger partial charge on any atom is -0.300 e. The summed E-state index contributed by atoms with van der Waals surface area (Å²) >= 11 is 0. The Bertz CT molecular complexity index is 663. The van der Waals surface area contributed by atoms with Crippen LogP contribution in [0.4, 0.5) is 5.69 Å². The number of likely N-dealkylation sites (tertiary alicyclic amines) is 1. The van der Waals surface area contributed by atoms with Gasteiger partial charge in [-0.1, -0.05) is 19.4 Å². The molecule has 0 unspecified atom stereocenters. The fourth-order valence-electron chi connectivity index (χ4n) is 3.15. The molecule has 1 N–H and O–H groups in total. The second kappa shape index (κ2) is 8.55. The number of hydrogen-bond acceptors (Lipinski definition) is 5. The predicted molar refractivity (Wildman–Crippen MR) is 92.4 cm³/mol. The Labute approximate surface area is 143 Å². The van der Waals surface area contributed by atoms with Crippen molar-refractivity contribution in [1.29, 1.82) is 0 Å². The Morgan fingerprint density at radius 3 is 2.88 bits per heavy atom. The molecule has 1 aromatic carbocycles. The summed E-state index contributed by atoms with van der Waals surface area (Å²) < 4.78 is 27.0. The SMILES string of the molecule is CC[C@@H]1CCCCN1CCCNS(=O)(=O)c1cccc([N+](=O)[O-])c1. The first-order chi connectivity index (χ1) is 11.4. The molecule has 1 aliphatic rings. The van der Waals surface area contributed by atoms with Gasteiger partial charge in [-0.25, -0.2) is 13.1 Å². The van der Waals surface area contributed by atoms with Crippen LogP contribution < -0.4 is 4.72 Å². The molecule has 0 amide bonds. The lowest BCUT2D eigenvalue weighted by molar-refractivity contribution is -0.385. The van der Waals surface area contributed by atoms with Crippen LogP contribution in [-0.2, 0) is 10.0 Å². The second-order valence-corrected chi connectivity index (χ2v) is 7.87. The number of nitro groups is 1. The van der Waals surface area contributed by atoms with Gasteiger partial charge in [-0.05, 0) is 44.8 Å². The Morgan fingerprint density at radius 2 is 2.17 bits per heavy atom. The molecule has 1 aromatic rings. The standard InChI is InChI=1S/C16H25N3O4S/c1-2-14-7-3-4-11-18(14)12-6-10-17-24(22,23)16-9-5-8-15(13-16)19(20)21/h5,8-9,13-14,17H,2-4,6-7,10-12H2,1H3/t14-/m1/s1. The van der Waals surface area contributed by atoms with Crippen LogP contribution in [-0.4, -0.2) is 43.9 Å². The predicted octanol–water partition coefficient (Wildman–Crippen LogP) is 2.53. The van der Waals surface area contributed by atoms with Crippen molar-refractivity contribution in [2.75, 3.05) is 19.6 Å². The minimum absolute atomic E-state index is 0.0684. The summed E-state index contributed by atoms with van der Waals surface area (Å²) in [6, 6.07) is 5.71. The summed E-state index contributed by atoms with van der Waals surface area (Å²) in [6.07, 6.45) is 5.55.